The van der Waals surface area contributed by atoms with E-state index < -0.39 is 10.0 Å². The number of carbonyl (C=O) groups is 1. The van der Waals surface area contributed by atoms with Crippen LogP contribution >= 0.6 is 0 Å². The number of sulfonamides is 1. The summed E-state index contributed by atoms with van der Waals surface area (Å²) in [4.78, 5) is 19.7. The molecule has 1 aliphatic rings. The Morgan fingerprint density at radius 1 is 1.16 bits per heavy atom. The van der Waals surface area contributed by atoms with Gasteiger partial charge in [0.05, 0.1) is 18.6 Å². The van der Waals surface area contributed by atoms with Crippen molar-refractivity contribution < 1.29 is 17.6 Å². The molecule has 1 aliphatic heterocycles. The average molecular weight is 456 g/mol. The minimum absolute atomic E-state index is 0.0847. The highest BCUT2D eigenvalue weighted by molar-refractivity contribution is 7.89. The summed E-state index contributed by atoms with van der Waals surface area (Å²) in [5.74, 6) is 0.709. The van der Waals surface area contributed by atoms with E-state index in [1.807, 2.05) is 43.3 Å². The van der Waals surface area contributed by atoms with Crippen LogP contribution in [0.15, 0.2) is 59.3 Å². The normalized spacial score (nSPS) is 15.8. The topological polar surface area (TPSA) is 83.7 Å². The Balaban J connectivity index is 1.54. The van der Waals surface area contributed by atoms with Crippen molar-refractivity contribution in [2.24, 2.45) is 0 Å². The van der Waals surface area contributed by atoms with Gasteiger partial charge in [-0.1, -0.05) is 37.6 Å². The fraction of sp³-hybridized carbons (Fsp3) is 0.417. The van der Waals surface area contributed by atoms with E-state index in [-0.39, 0.29) is 17.7 Å². The molecule has 1 amide bonds. The van der Waals surface area contributed by atoms with Crippen molar-refractivity contribution in [3.05, 3.63) is 66.4 Å². The molecule has 0 atom stereocenters. The first kappa shape index (κ1) is 22.5. The summed E-state index contributed by atoms with van der Waals surface area (Å²) in [5, 5.41) is 1.94. The van der Waals surface area contributed by atoms with Gasteiger partial charge in [-0.3, -0.25) is 9.78 Å². The van der Waals surface area contributed by atoms with Gasteiger partial charge in [0.15, 0.2) is 0 Å². The average Bonchev–Trinajstić information content (AvgIpc) is 3.34. The standard InChI is InChI=1S/C24H29N3O4S/c1-2-3-15-32(29,30)26-12-10-21(11-13-26)27(18-22-9-6-14-31-22)24(28)23-16-19-7-4-5-8-20(19)17-25-23/h4-9,14,16-17,21H,2-3,10-13,15,18H2,1H3. The number of unbranched alkanes of at least 4 members (excludes halogenated alkanes) is 1. The number of furan rings is 1. The Morgan fingerprint density at radius 3 is 2.59 bits per heavy atom. The lowest BCUT2D eigenvalue weighted by Gasteiger charge is -2.37. The summed E-state index contributed by atoms with van der Waals surface area (Å²) < 4.78 is 32.2. The fourth-order valence-corrected chi connectivity index (χ4v) is 5.85. The van der Waals surface area contributed by atoms with E-state index >= 15 is 0 Å². The second-order valence-electron chi connectivity index (χ2n) is 8.23. The molecule has 0 unspecified atom stereocenters. The molecule has 0 N–H and O–H groups in total. The number of hydrogen-bond donors (Lipinski definition) is 0. The molecule has 2 aromatic heterocycles. The van der Waals surface area contributed by atoms with E-state index in [0.29, 0.717) is 50.4 Å². The third-order valence-electron chi connectivity index (χ3n) is 6.03. The van der Waals surface area contributed by atoms with Crippen molar-refractivity contribution in [2.45, 2.75) is 45.2 Å². The van der Waals surface area contributed by atoms with Gasteiger partial charge in [-0.25, -0.2) is 12.7 Å². The molecule has 0 radical (unpaired) electrons. The third kappa shape index (κ3) is 5.02. The van der Waals surface area contributed by atoms with Gasteiger partial charge >= 0.3 is 0 Å². The zero-order valence-electron chi connectivity index (χ0n) is 18.3. The van der Waals surface area contributed by atoms with E-state index in [0.717, 1.165) is 17.2 Å². The molecule has 0 saturated carbocycles. The lowest BCUT2D eigenvalue weighted by molar-refractivity contribution is 0.0572. The Labute approximate surface area is 189 Å². The lowest BCUT2D eigenvalue weighted by Crippen LogP contribution is -2.49. The number of hydrogen-bond acceptors (Lipinski definition) is 5. The molecule has 0 bridgehead atoms. The third-order valence-corrected chi connectivity index (χ3v) is 7.99. The number of fused-ring (bicyclic) bond motifs is 1. The zero-order valence-corrected chi connectivity index (χ0v) is 19.1. The SMILES string of the molecule is CCCCS(=O)(=O)N1CCC(N(Cc2ccco2)C(=O)c2cc3ccccc3cn2)CC1. The van der Waals surface area contributed by atoms with E-state index in [4.69, 9.17) is 4.42 Å². The van der Waals surface area contributed by atoms with E-state index in [1.54, 1.807) is 27.7 Å². The molecular weight excluding hydrogens is 426 g/mol. The van der Waals surface area contributed by atoms with E-state index in [9.17, 15) is 13.2 Å². The van der Waals surface area contributed by atoms with Crippen LogP contribution in [-0.2, 0) is 16.6 Å². The summed E-state index contributed by atoms with van der Waals surface area (Å²) in [6.45, 7) is 3.15. The number of nitrogens with zero attached hydrogens (tertiary/aromatic N) is 3. The van der Waals surface area contributed by atoms with Crippen molar-refractivity contribution in [3.8, 4) is 0 Å². The molecule has 8 heteroatoms. The number of carbonyl (C=O) groups excluding carboxylic acids is 1. The van der Waals surface area contributed by atoms with Crippen LogP contribution in [0.5, 0.6) is 0 Å². The highest BCUT2D eigenvalue weighted by Crippen LogP contribution is 2.24. The quantitative estimate of drug-likeness (QED) is 0.511. The van der Waals surface area contributed by atoms with E-state index in [2.05, 4.69) is 4.98 Å². The van der Waals surface area contributed by atoms with Crippen molar-refractivity contribution >= 4 is 26.7 Å². The summed E-state index contributed by atoms with van der Waals surface area (Å²) in [6, 6.07) is 13.2. The van der Waals surface area contributed by atoms with Crippen LogP contribution in [0.3, 0.4) is 0 Å². The first-order chi connectivity index (χ1) is 15.5. The van der Waals surface area contributed by atoms with Gasteiger partial charge in [-0.05, 0) is 42.8 Å². The second-order valence-corrected chi connectivity index (χ2v) is 10.3. The molecule has 4 rings (SSSR count). The number of rotatable bonds is 8. The van der Waals surface area contributed by atoms with Crippen LogP contribution in [0.2, 0.25) is 0 Å². The Morgan fingerprint density at radius 2 is 1.91 bits per heavy atom. The number of benzene rings is 1. The molecule has 0 aliphatic carbocycles. The highest BCUT2D eigenvalue weighted by atomic mass is 32.2. The molecule has 32 heavy (non-hydrogen) atoms. The van der Waals surface area contributed by atoms with Gasteiger partial charge in [0.2, 0.25) is 10.0 Å². The van der Waals surface area contributed by atoms with Crippen molar-refractivity contribution in [3.63, 3.8) is 0 Å². The number of pyridine rings is 1. The summed E-state index contributed by atoms with van der Waals surface area (Å²) in [5.41, 5.74) is 0.383. The molecule has 0 spiro atoms. The van der Waals surface area contributed by atoms with Gasteiger partial charge in [0.25, 0.3) is 5.91 Å². The fourth-order valence-electron chi connectivity index (χ4n) is 4.17. The molecule has 3 aromatic rings. The molecule has 7 nitrogen and oxygen atoms in total. The second kappa shape index (κ2) is 9.83. The van der Waals surface area contributed by atoms with Gasteiger partial charge in [0, 0.05) is 30.7 Å². The van der Waals surface area contributed by atoms with Crippen molar-refractivity contribution in [1.82, 2.24) is 14.2 Å². The smallest absolute Gasteiger partial charge is 0.273 e. The van der Waals surface area contributed by atoms with Crippen LogP contribution in [0.25, 0.3) is 10.8 Å². The maximum atomic E-state index is 13.5. The van der Waals surface area contributed by atoms with Gasteiger partial charge < -0.3 is 9.32 Å². The van der Waals surface area contributed by atoms with Crippen LogP contribution in [0, 0.1) is 0 Å². The van der Waals surface area contributed by atoms with Crippen LogP contribution in [0.4, 0.5) is 0 Å². The first-order valence-corrected chi connectivity index (χ1v) is 12.7. The minimum Gasteiger partial charge on any atom is -0.467 e. The minimum atomic E-state index is -3.24. The Bertz CT molecular complexity index is 1150. The molecular formula is C24H29N3O4S. The van der Waals surface area contributed by atoms with Crippen LogP contribution < -0.4 is 0 Å². The predicted molar refractivity (Wildman–Crippen MR) is 124 cm³/mol. The number of amides is 1. The van der Waals surface area contributed by atoms with Crippen LogP contribution in [-0.4, -0.2) is 53.4 Å². The highest BCUT2D eigenvalue weighted by Gasteiger charge is 2.33. The predicted octanol–water partition coefficient (Wildman–Crippen LogP) is 4.06. The largest absolute Gasteiger partial charge is 0.467 e. The summed E-state index contributed by atoms with van der Waals surface area (Å²) >= 11 is 0. The van der Waals surface area contributed by atoms with Gasteiger partial charge in [-0.2, -0.15) is 0 Å². The molecule has 1 fully saturated rings. The molecule has 170 valence electrons. The number of piperidine rings is 1. The van der Waals surface area contributed by atoms with Crippen molar-refractivity contribution in [1.29, 1.82) is 0 Å². The summed E-state index contributed by atoms with van der Waals surface area (Å²) in [6.07, 6.45) is 6.00. The maximum absolute atomic E-state index is 13.5. The lowest BCUT2D eigenvalue weighted by atomic mass is 10.0. The Hall–Kier alpha value is -2.71. The molecule has 1 saturated heterocycles. The van der Waals surface area contributed by atoms with Gasteiger partial charge in [-0.15, -0.1) is 0 Å². The zero-order chi connectivity index (χ0) is 22.6. The van der Waals surface area contributed by atoms with E-state index in [1.165, 1.54) is 0 Å². The number of aromatic nitrogens is 1. The monoisotopic (exact) mass is 455 g/mol. The van der Waals surface area contributed by atoms with Crippen LogP contribution in [0.1, 0.15) is 48.9 Å². The maximum Gasteiger partial charge on any atom is 0.273 e. The molecule has 1 aromatic carbocycles. The van der Waals surface area contributed by atoms with Crippen molar-refractivity contribution in [2.75, 3.05) is 18.8 Å². The Kier molecular flexibility index (Phi) is 6.91. The summed E-state index contributed by atoms with van der Waals surface area (Å²) in [7, 11) is -3.24. The molecule has 3 heterocycles. The van der Waals surface area contributed by atoms with Gasteiger partial charge in [0.1, 0.15) is 11.5 Å². The first-order valence-electron chi connectivity index (χ1n) is 11.1.